The van der Waals surface area contributed by atoms with Crippen molar-refractivity contribution in [1.82, 2.24) is 4.31 Å². The number of benzene rings is 1. The third kappa shape index (κ3) is 3.08. The normalized spacial score (nSPS) is 23.5. The minimum absolute atomic E-state index is 0.167. The highest BCUT2D eigenvalue weighted by Crippen LogP contribution is 2.34. The van der Waals surface area contributed by atoms with Gasteiger partial charge in [0, 0.05) is 12.6 Å². The fourth-order valence-corrected chi connectivity index (χ4v) is 4.87. The molecule has 0 aliphatic carbocycles. The van der Waals surface area contributed by atoms with E-state index in [1.54, 1.807) is 6.92 Å². The molecule has 0 spiro atoms. The highest BCUT2D eigenvalue weighted by molar-refractivity contribution is 7.89. The lowest BCUT2D eigenvalue weighted by atomic mass is 9.96. The van der Waals surface area contributed by atoms with Crippen LogP contribution in [0.25, 0.3) is 0 Å². The molecule has 1 aromatic carbocycles. The van der Waals surface area contributed by atoms with Crippen LogP contribution in [0.15, 0.2) is 17.0 Å². The van der Waals surface area contributed by atoms with Crippen molar-refractivity contribution in [2.24, 2.45) is 5.92 Å². The molecule has 0 amide bonds. The van der Waals surface area contributed by atoms with Crippen LogP contribution in [-0.2, 0) is 14.8 Å². The van der Waals surface area contributed by atoms with Crippen molar-refractivity contribution in [1.29, 1.82) is 0 Å². The highest BCUT2D eigenvalue weighted by atomic mass is 35.5. The first-order chi connectivity index (χ1) is 10.2. The summed E-state index contributed by atoms with van der Waals surface area (Å²) in [5.74, 6) is -2.86. The number of rotatable bonds is 3. The number of aliphatic carboxylic acids is 1. The van der Waals surface area contributed by atoms with E-state index in [9.17, 15) is 17.6 Å². The van der Waals surface area contributed by atoms with E-state index in [-0.39, 0.29) is 11.6 Å². The van der Waals surface area contributed by atoms with E-state index in [1.807, 2.05) is 0 Å². The van der Waals surface area contributed by atoms with Crippen LogP contribution in [0.3, 0.4) is 0 Å². The molecule has 2 atom stereocenters. The minimum atomic E-state index is -4.11. The smallest absolute Gasteiger partial charge is 0.307 e. The van der Waals surface area contributed by atoms with Gasteiger partial charge in [-0.2, -0.15) is 4.31 Å². The summed E-state index contributed by atoms with van der Waals surface area (Å²) in [5, 5.41) is 8.22. The lowest BCUT2D eigenvalue weighted by Crippen LogP contribution is -2.47. The summed E-state index contributed by atoms with van der Waals surface area (Å²) in [6.45, 7) is 1.51. The fraction of sp³-hybridized carbons (Fsp3) is 0.462. The molecule has 1 N–H and O–H groups in total. The van der Waals surface area contributed by atoms with Crippen LogP contribution in [0.5, 0.6) is 0 Å². The van der Waals surface area contributed by atoms with Crippen LogP contribution in [-0.4, -0.2) is 36.4 Å². The van der Waals surface area contributed by atoms with Gasteiger partial charge in [-0.15, -0.1) is 0 Å². The average Bonchev–Trinajstić information content (AvgIpc) is 2.44. The van der Waals surface area contributed by atoms with Crippen molar-refractivity contribution in [3.8, 4) is 0 Å². The number of halogens is 3. The van der Waals surface area contributed by atoms with Crippen molar-refractivity contribution in [3.05, 3.63) is 28.0 Å². The van der Waals surface area contributed by atoms with Gasteiger partial charge < -0.3 is 5.11 Å². The molecular weight excluding hydrogens is 356 g/mol. The topological polar surface area (TPSA) is 74.7 Å². The number of carboxylic acid groups (broad SMARTS) is 1. The van der Waals surface area contributed by atoms with Crippen LogP contribution in [0, 0.1) is 11.7 Å². The Morgan fingerprint density at radius 1 is 1.36 bits per heavy atom. The van der Waals surface area contributed by atoms with E-state index in [2.05, 4.69) is 0 Å². The lowest BCUT2D eigenvalue weighted by molar-refractivity contribution is -0.143. The number of piperidine rings is 1. The van der Waals surface area contributed by atoms with Gasteiger partial charge >= 0.3 is 5.97 Å². The molecule has 1 aliphatic heterocycles. The maximum Gasteiger partial charge on any atom is 0.307 e. The Labute approximate surface area is 137 Å². The third-order valence-electron chi connectivity index (χ3n) is 3.76. The summed E-state index contributed by atoms with van der Waals surface area (Å²) in [6.07, 6.45) is 0.801. The first-order valence-electron chi connectivity index (χ1n) is 6.54. The molecule has 1 heterocycles. The fourth-order valence-electron chi connectivity index (χ4n) is 2.45. The summed E-state index contributed by atoms with van der Waals surface area (Å²) < 4.78 is 40.2. The number of hydrogen-bond donors (Lipinski definition) is 1. The summed E-state index contributed by atoms with van der Waals surface area (Å²) in [7, 11) is -4.11. The zero-order chi connectivity index (χ0) is 16.7. The SMILES string of the molecule is CC1CCC(C(=O)O)CN1S(=O)(=O)c1ccc(Cl)c(F)c1Cl. The van der Waals surface area contributed by atoms with Crippen molar-refractivity contribution in [2.75, 3.05) is 6.54 Å². The Kier molecular flexibility index (Phi) is 5.01. The summed E-state index contributed by atoms with van der Waals surface area (Å²) in [6, 6.07) is 1.84. The Hall–Kier alpha value is -0.890. The molecule has 1 saturated heterocycles. The van der Waals surface area contributed by atoms with E-state index in [4.69, 9.17) is 28.3 Å². The van der Waals surface area contributed by atoms with Crippen LogP contribution in [0.1, 0.15) is 19.8 Å². The average molecular weight is 370 g/mol. The third-order valence-corrected chi connectivity index (χ3v) is 6.56. The molecule has 0 aromatic heterocycles. The van der Waals surface area contributed by atoms with E-state index in [1.165, 1.54) is 0 Å². The van der Waals surface area contributed by atoms with E-state index < -0.39 is 43.7 Å². The molecule has 2 rings (SSSR count). The summed E-state index contributed by atoms with van der Waals surface area (Å²) in [5.41, 5.74) is 0. The van der Waals surface area contributed by atoms with Gasteiger partial charge in [0.05, 0.1) is 16.0 Å². The zero-order valence-electron chi connectivity index (χ0n) is 11.6. The van der Waals surface area contributed by atoms with Crippen LogP contribution in [0.4, 0.5) is 4.39 Å². The molecule has 2 unspecified atom stereocenters. The number of carboxylic acids is 1. The predicted molar refractivity (Wildman–Crippen MR) is 80.1 cm³/mol. The van der Waals surface area contributed by atoms with Gasteiger partial charge in [-0.05, 0) is 31.9 Å². The van der Waals surface area contributed by atoms with Crippen LogP contribution >= 0.6 is 23.2 Å². The molecule has 1 aliphatic rings. The van der Waals surface area contributed by atoms with Gasteiger partial charge in [-0.1, -0.05) is 23.2 Å². The molecule has 5 nitrogen and oxygen atoms in total. The monoisotopic (exact) mass is 369 g/mol. The first kappa shape index (κ1) is 17.5. The van der Waals surface area contributed by atoms with E-state index in [0.29, 0.717) is 12.8 Å². The second-order valence-corrected chi connectivity index (χ2v) is 7.85. The first-order valence-corrected chi connectivity index (χ1v) is 8.74. The second-order valence-electron chi connectivity index (χ2n) is 5.21. The molecule has 0 bridgehead atoms. The Morgan fingerprint density at radius 3 is 2.59 bits per heavy atom. The maximum atomic E-state index is 13.7. The Bertz CT molecular complexity index is 710. The molecule has 9 heteroatoms. The van der Waals surface area contributed by atoms with Crippen molar-refractivity contribution in [3.63, 3.8) is 0 Å². The zero-order valence-corrected chi connectivity index (χ0v) is 13.9. The van der Waals surface area contributed by atoms with Crippen LogP contribution in [0.2, 0.25) is 10.0 Å². The molecule has 0 radical (unpaired) electrons. The molecule has 1 aromatic rings. The molecule has 1 fully saturated rings. The van der Waals surface area contributed by atoms with E-state index >= 15 is 0 Å². The van der Waals surface area contributed by atoms with Crippen molar-refractivity contribution < 1.29 is 22.7 Å². The molecular formula is C13H14Cl2FNO4S. The van der Waals surface area contributed by atoms with E-state index in [0.717, 1.165) is 16.4 Å². The number of sulfonamides is 1. The van der Waals surface area contributed by atoms with Gasteiger partial charge in [-0.25, -0.2) is 12.8 Å². The summed E-state index contributed by atoms with van der Waals surface area (Å²) in [4.78, 5) is 10.7. The minimum Gasteiger partial charge on any atom is -0.481 e. The Balaban J connectivity index is 2.45. The lowest BCUT2D eigenvalue weighted by Gasteiger charge is -2.35. The second kappa shape index (κ2) is 6.31. The quantitative estimate of drug-likeness (QED) is 0.830. The van der Waals surface area contributed by atoms with Gasteiger partial charge in [0.15, 0.2) is 5.82 Å². The van der Waals surface area contributed by atoms with Crippen molar-refractivity contribution in [2.45, 2.75) is 30.7 Å². The largest absolute Gasteiger partial charge is 0.481 e. The van der Waals surface area contributed by atoms with Gasteiger partial charge in [0.1, 0.15) is 4.90 Å². The van der Waals surface area contributed by atoms with Gasteiger partial charge in [0.25, 0.3) is 0 Å². The number of carbonyl (C=O) groups is 1. The standard InChI is InChI=1S/C13H14Cl2FNO4S/c1-7-2-3-8(13(18)19)6-17(7)22(20,21)10-5-4-9(14)12(16)11(10)15/h4-5,7-8H,2-3,6H2,1H3,(H,18,19). The van der Waals surface area contributed by atoms with Gasteiger partial charge in [0.2, 0.25) is 10.0 Å². The van der Waals surface area contributed by atoms with Crippen molar-refractivity contribution >= 4 is 39.2 Å². The summed E-state index contributed by atoms with van der Waals surface area (Å²) >= 11 is 11.3. The molecule has 122 valence electrons. The molecule has 22 heavy (non-hydrogen) atoms. The van der Waals surface area contributed by atoms with Gasteiger partial charge in [-0.3, -0.25) is 4.79 Å². The molecule has 0 saturated carbocycles. The van der Waals surface area contributed by atoms with Crippen LogP contribution < -0.4 is 0 Å². The predicted octanol–water partition coefficient (Wildman–Crippen LogP) is 3.01. The highest BCUT2D eigenvalue weighted by Gasteiger charge is 2.38. The maximum absolute atomic E-state index is 13.7. The number of hydrogen-bond acceptors (Lipinski definition) is 3. The number of nitrogens with zero attached hydrogens (tertiary/aromatic N) is 1. The Morgan fingerprint density at radius 2 is 2.00 bits per heavy atom.